The van der Waals surface area contributed by atoms with Gasteiger partial charge in [-0.2, -0.15) is 0 Å². The Bertz CT molecular complexity index is 589. The number of hydrogen-bond acceptors (Lipinski definition) is 4. The molecule has 0 aliphatic carbocycles. The molecule has 1 atom stereocenters. The fraction of sp³-hybridized carbons (Fsp3) is 0.667. The minimum Gasteiger partial charge on any atom is -0.492 e. The predicted molar refractivity (Wildman–Crippen MR) is 105 cm³/mol. The molecule has 1 aliphatic heterocycles. The molecule has 0 spiro atoms. The van der Waals surface area contributed by atoms with E-state index >= 15 is 0 Å². The molecule has 1 aromatic carbocycles. The fourth-order valence-corrected chi connectivity index (χ4v) is 3.82. The SMILES string of the molecule is Cc1cc(OCCN2CCCC(N(C)CC(=O)O)CC2)ccc1C(C)C. The molecule has 0 amide bonds. The van der Waals surface area contributed by atoms with Gasteiger partial charge in [0.2, 0.25) is 0 Å². The zero-order valence-electron chi connectivity index (χ0n) is 16.7. The molecule has 1 unspecified atom stereocenters. The van der Waals surface area contributed by atoms with Crippen LogP contribution in [0.3, 0.4) is 0 Å². The van der Waals surface area contributed by atoms with Gasteiger partial charge in [-0.05, 0) is 75.5 Å². The van der Waals surface area contributed by atoms with Crippen LogP contribution in [0.1, 0.15) is 50.2 Å². The Morgan fingerprint density at radius 2 is 2.12 bits per heavy atom. The van der Waals surface area contributed by atoms with Gasteiger partial charge in [-0.15, -0.1) is 0 Å². The largest absolute Gasteiger partial charge is 0.492 e. The summed E-state index contributed by atoms with van der Waals surface area (Å²) in [5, 5.41) is 8.96. The molecular weight excluding hydrogens is 328 g/mol. The second kappa shape index (κ2) is 9.93. The molecule has 1 aromatic rings. The third-order valence-electron chi connectivity index (χ3n) is 5.34. The quantitative estimate of drug-likeness (QED) is 0.768. The summed E-state index contributed by atoms with van der Waals surface area (Å²) < 4.78 is 5.96. The second-order valence-corrected chi connectivity index (χ2v) is 7.76. The number of benzene rings is 1. The summed E-state index contributed by atoms with van der Waals surface area (Å²) in [6, 6.07) is 6.74. The van der Waals surface area contributed by atoms with Crippen molar-refractivity contribution in [3.8, 4) is 5.75 Å². The van der Waals surface area contributed by atoms with E-state index in [2.05, 4.69) is 43.9 Å². The van der Waals surface area contributed by atoms with E-state index < -0.39 is 5.97 Å². The van der Waals surface area contributed by atoms with Crippen molar-refractivity contribution in [1.82, 2.24) is 9.80 Å². The zero-order valence-corrected chi connectivity index (χ0v) is 16.7. The van der Waals surface area contributed by atoms with E-state index in [-0.39, 0.29) is 6.54 Å². The lowest BCUT2D eigenvalue weighted by Gasteiger charge is -2.25. The Morgan fingerprint density at radius 3 is 2.77 bits per heavy atom. The minimum atomic E-state index is -0.749. The molecule has 1 aliphatic rings. The number of carboxylic acid groups (broad SMARTS) is 1. The van der Waals surface area contributed by atoms with Gasteiger partial charge in [-0.1, -0.05) is 19.9 Å². The van der Waals surface area contributed by atoms with Crippen molar-refractivity contribution >= 4 is 5.97 Å². The summed E-state index contributed by atoms with van der Waals surface area (Å²) in [5.74, 6) is 0.731. The third-order valence-corrected chi connectivity index (χ3v) is 5.34. The molecule has 1 saturated heterocycles. The molecular formula is C21H34N2O3. The maximum atomic E-state index is 10.9. The van der Waals surface area contributed by atoms with E-state index in [9.17, 15) is 4.79 Å². The van der Waals surface area contributed by atoms with Gasteiger partial charge in [0, 0.05) is 12.6 Å². The van der Waals surface area contributed by atoms with Gasteiger partial charge in [0.25, 0.3) is 0 Å². The highest BCUT2D eigenvalue weighted by molar-refractivity contribution is 5.69. The first-order chi connectivity index (χ1) is 12.4. The topological polar surface area (TPSA) is 53.0 Å². The Kier molecular flexibility index (Phi) is 7.91. The van der Waals surface area contributed by atoms with Crippen molar-refractivity contribution in [3.05, 3.63) is 29.3 Å². The lowest BCUT2D eigenvalue weighted by Crippen LogP contribution is -2.37. The van der Waals surface area contributed by atoms with E-state index in [4.69, 9.17) is 9.84 Å². The standard InChI is InChI=1S/C21H34N2O3/c1-16(2)20-8-7-19(14-17(20)3)26-13-12-23-10-5-6-18(9-11-23)22(4)15-21(24)25/h7-8,14,16,18H,5-6,9-13,15H2,1-4H3,(H,24,25). The first kappa shape index (κ1) is 20.7. The van der Waals surface area contributed by atoms with Crippen LogP contribution in [-0.2, 0) is 4.79 Å². The summed E-state index contributed by atoms with van der Waals surface area (Å²) in [5.41, 5.74) is 2.66. The highest BCUT2D eigenvalue weighted by Crippen LogP contribution is 2.23. The van der Waals surface area contributed by atoms with Crippen LogP contribution < -0.4 is 4.74 Å². The van der Waals surface area contributed by atoms with Crippen molar-refractivity contribution in [2.75, 3.05) is 39.8 Å². The molecule has 0 radical (unpaired) electrons. The summed E-state index contributed by atoms with van der Waals surface area (Å²) in [7, 11) is 1.92. The molecule has 0 saturated carbocycles. The molecule has 1 heterocycles. The smallest absolute Gasteiger partial charge is 0.317 e. The summed E-state index contributed by atoms with van der Waals surface area (Å²) >= 11 is 0. The second-order valence-electron chi connectivity index (χ2n) is 7.76. The van der Waals surface area contributed by atoms with E-state index in [0.29, 0.717) is 18.6 Å². The lowest BCUT2D eigenvalue weighted by atomic mass is 9.98. The summed E-state index contributed by atoms with van der Waals surface area (Å²) in [6.45, 7) is 10.4. The number of nitrogens with zero attached hydrogens (tertiary/aromatic N) is 2. The lowest BCUT2D eigenvalue weighted by molar-refractivity contribution is -0.138. The van der Waals surface area contributed by atoms with Crippen molar-refractivity contribution in [2.45, 2.75) is 52.0 Å². The molecule has 5 heteroatoms. The molecule has 146 valence electrons. The summed E-state index contributed by atoms with van der Waals surface area (Å²) in [6.07, 6.45) is 3.19. The van der Waals surface area contributed by atoms with Crippen LogP contribution in [0.15, 0.2) is 18.2 Å². The van der Waals surface area contributed by atoms with E-state index in [1.165, 1.54) is 11.1 Å². The van der Waals surface area contributed by atoms with E-state index in [0.717, 1.165) is 44.6 Å². The average molecular weight is 363 g/mol. The van der Waals surface area contributed by atoms with Crippen molar-refractivity contribution in [2.24, 2.45) is 0 Å². The predicted octanol–water partition coefficient (Wildman–Crippen LogP) is 3.37. The third kappa shape index (κ3) is 6.29. The maximum Gasteiger partial charge on any atom is 0.317 e. The number of aliphatic carboxylic acids is 1. The fourth-order valence-electron chi connectivity index (χ4n) is 3.82. The van der Waals surface area contributed by atoms with Gasteiger partial charge >= 0.3 is 5.97 Å². The van der Waals surface area contributed by atoms with Crippen LogP contribution in [0.4, 0.5) is 0 Å². The molecule has 1 N–H and O–H groups in total. The first-order valence-corrected chi connectivity index (χ1v) is 9.74. The number of carboxylic acids is 1. The first-order valence-electron chi connectivity index (χ1n) is 9.74. The van der Waals surface area contributed by atoms with Crippen LogP contribution in [-0.4, -0.2) is 66.8 Å². The number of likely N-dealkylation sites (N-methyl/N-ethyl adjacent to an activating group) is 1. The number of ether oxygens (including phenoxy) is 1. The van der Waals surface area contributed by atoms with Gasteiger partial charge in [-0.3, -0.25) is 14.6 Å². The number of likely N-dealkylation sites (tertiary alicyclic amines) is 1. The molecule has 1 fully saturated rings. The zero-order chi connectivity index (χ0) is 19.1. The highest BCUT2D eigenvalue weighted by atomic mass is 16.5. The van der Waals surface area contributed by atoms with Crippen LogP contribution in [0.5, 0.6) is 5.75 Å². The van der Waals surface area contributed by atoms with Crippen LogP contribution in [0.2, 0.25) is 0 Å². The average Bonchev–Trinajstić information content (AvgIpc) is 2.80. The van der Waals surface area contributed by atoms with Gasteiger partial charge in [-0.25, -0.2) is 0 Å². The van der Waals surface area contributed by atoms with E-state index in [1.807, 2.05) is 11.9 Å². The molecule has 26 heavy (non-hydrogen) atoms. The van der Waals surface area contributed by atoms with Crippen LogP contribution in [0.25, 0.3) is 0 Å². The Labute approximate surface area is 157 Å². The normalized spacial score (nSPS) is 18.9. The molecule has 0 bridgehead atoms. The Balaban J connectivity index is 1.76. The van der Waals surface area contributed by atoms with Crippen molar-refractivity contribution in [3.63, 3.8) is 0 Å². The molecule has 5 nitrogen and oxygen atoms in total. The monoisotopic (exact) mass is 362 g/mol. The Hall–Kier alpha value is -1.59. The number of rotatable bonds is 8. The van der Waals surface area contributed by atoms with Gasteiger partial charge in [0.05, 0.1) is 6.54 Å². The number of hydrogen-bond donors (Lipinski definition) is 1. The maximum absolute atomic E-state index is 10.9. The minimum absolute atomic E-state index is 0.125. The van der Waals surface area contributed by atoms with Crippen LogP contribution >= 0.6 is 0 Å². The molecule has 2 rings (SSSR count). The van der Waals surface area contributed by atoms with Crippen LogP contribution in [0, 0.1) is 6.92 Å². The Morgan fingerprint density at radius 1 is 1.35 bits per heavy atom. The number of carbonyl (C=O) groups is 1. The molecule has 0 aromatic heterocycles. The van der Waals surface area contributed by atoms with Gasteiger partial charge in [0.15, 0.2) is 0 Å². The van der Waals surface area contributed by atoms with E-state index in [1.54, 1.807) is 0 Å². The summed E-state index contributed by atoms with van der Waals surface area (Å²) in [4.78, 5) is 15.3. The number of aryl methyl sites for hydroxylation is 1. The van der Waals surface area contributed by atoms with Gasteiger partial charge in [0.1, 0.15) is 12.4 Å². The highest BCUT2D eigenvalue weighted by Gasteiger charge is 2.21. The van der Waals surface area contributed by atoms with Crippen molar-refractivity contribution < 1.29 is 14.6 Å². The van der Waals surface area contributed by atoms with Gasteiger partial charge < -0.3 is 9.84 Å². The van der Waals surface area contributed by atoms with Crippen molar-refractivity contribution in [1.29, 1.82) is 0 Å².